The first-order valence-electron chi connectivity index (χ1n) is 7.38. The molecule has 1 aromatic heterocycles. The molecule has 0 radical (unpaired) electrons. The molecule has 0 aliphatic rings. The fourth-order valence-corrected chi connectivity index (χ4v) is 2.11. The Labute approximate surface area is 135 Å². The lowest BCUT2D eigenvalue weighted by Crippen LogP contribution is -2.39. The average molecular weight is 317 g/mol. The summed E-state index contributed by atoms with van der Waals surface area (Å²) < 4.78 is 18.2. The number of methoxy groups -OCH3 is 1. The molecule has 5 nitrogen and oxygen atoms in total. The Morgan fingerprint density at radius 3 is 2.74 bits per heavy atom. The number of benzene rings is 1. The molecule has 0 saturated heterocycles. The van der Waals surface area contributed by atoms with Gasteiger partial charge in [0.25, 0.3) is 0 Å². The average Bonchev–Trinajstić information content (AvgIpc) is 2.58. The van der Waals surface area contributed by atoms with Crippen LogP contribution in [-0.2, 0) is 13.1 Å². The van der Waals surface area contributed by atoms with E-state index in [9.17, 15) is 9.18 Å². The Kier molecular flexibility index (Phi) is 5.91. The molecule has 0 unspecified atom stereocenters. The molecule has 2 rings (SSSR count). The summed E-state index contributed by atoms with van der Waals surface area (Å²) in [4.78, 5) is 17.9. The first-order chi connectivity index (χ1) is 11.1. The largest absolute Gasteiger partial charge is 0.481 e. The van der Waals surface area contributed by atoms with Gasteiger partial charge < -0.3 is 15.0 Å². The van der Waals surface area contributed by atoms with Crippen molar-refractivity contribution >= 4 is 6.03 Å². The van der Waals surface area contributed by atoms with Crippen molar-refractivity contribution in [1.29, 1.82) is 0 Å². The topological polar surface area (TPSA) is 54.5 Å². The van der Waals surface area contributed by atoms with Crippen LogP contribution in [0.5, 0.6) is 5.88 Å². The van der Waals surface area contributed by atoms with Gasteiger partial charge in [-0.1, -0.05) is 18.2 Å². The van der Waals surface area contributed by atoms with Gasteiger partial charge in [0.15, 0.2) is 0 Å². The number of hydrogen-bond donors (Lipinski definition) is 1. The van der Waals surface area contributed by atoms with E-state index < -0.39 is 0 Å². The predicted octanol–water partition coefficient (Wildman–Crippen LogP) is 2.96. The van der Waals surface area contributed by atoms with E-state index in [1.54, 1.807) is 36.4 Å². The second-order valence-corrected chi connectivity index (χ2v) is 5.01. The molecule has 0 saturated carbocycles. The fraction of sp³-hybridized carbons (Fsp3) is 0.294. The fourth-order valence-electron chi connectivity index (χ4n) is 2.11. The number of pyridine rings is 1. The van der Waals surface area contributed by atoms with Crippen LogP contribution in [0.2, 0.25) is 0 Å². The molecule has 0 fully saturated rings. The molecule has 23 heavy (non-hydrogen) atoms. The highest BCUT2D eigenvalue weighted by Crippen LogP contribution is 2.09. The third kappa shape index (κ3) is 4.95. The lowest BCUT2D eigenvalue weighted by atomic mass is 10.2. The molecule has 0 aliphatic heterocycles. The molecule has 1 heterocycles. The summed E-state index contributed by atoms with van der Waals surface area (Å²) in [5, 5.41) is 2.83. The van der Waals surface area contributed by atoms with Crippen molar-refractivity contribution in [3.63, 3.8) is 0 Å². The zero-order valence-electron chi connectivity index (χ0n) is 13.3. The molecular formula is C17H20FN3O2. The van der Waals surface area contributed by atoms with Crippen molar-refractivity contribution in [2.75, 3.05) is 13.7 Å². The summed E-state index contributed by atoms with van der Waals surface area (Å²) in [7, 11) is 1.55. The maximum Gasteiger partial charge on any atom is 0.317 e. The monoisotopic (exact) mass is 317 g/mol. The highest BCUT2D eigenvalue weighted by Gasteiger charge is 2.12. The summed E-state index contributed by atoms with van der Waals surface area (Å²) >= 11 is 0. The SMILES string of the molecule is CCN(Cc1cccc(F)c1)C(=O)NCc1ccc(OC)nc1. The Morgan fingerprint density at radius 1 is 1.30 bits per heavy atom. The highest BCUT2D eigenvalue weighted by atomic mass is 19.1. The molecule has 1 aromatic carbocycles. The minimum absolute atomic E-state index is 0.201. The number of aromatic nitrogens is 1. The van der Waals surface area contributed by atoms with Crippen molar-refractivity contribution in [3.8, 4) is 5.88 Å². The molecule has 0 bridgehead atoms. The maximum atomic E-state index is 13.2. The van der Waals surface area contributed by atoms with Gasteiger partial charge in [-0.05, 0) is 30.2 Å². The van der Waals surface area contributed by atoms with E-state index in [2.05, 4.69) is 10.3 Å². The summed E-state index contributed by atoms with van der Waals surface area (Å²) in [5.41, 5.74) is 1.63. The van der Waals surface area contributed by atoms with E-state index >= 15 is 0 Å². The third-order valence-electron chi connectivity index (χ3n) is 3.38. The van der Waals surface area contributed by atoms with Gasteiger partial charge in [-0.2, -0.15) is 0 Å². The van der Waals surface area contributed by atoms with Gasteiger partial charge in [0, 0.05) is 31.9 Å². The smallest absolute Gasteiger partial charge is 0.317 e. The van der Waals surface area contributed by atoms with Gasteiger partial charge in [0.1, 0.15) is 5.82 Å². The van der Waals surface area contributed by atoms with Gasteiger partial charge in [-0.3, -0.25) is 0 Å². The Hall–Kier alpha value is -2.63. The zero-order valence-corrected chi connectivity index (χ0v) is 13.3. The molecule has 0 spiro atoms. The highest BCUT2D eigenvalue weighted by molar-refractivity contribution is 5.74. The molecule has 2 aromatic rings. The van der Waals surface area contributed by atoms with Crippen molar-refractivity contribution in [3.05, 3.63) is 59.5 Å². The van der Waals surface area contributed by atoms with Crippen LogP contribution in [0.15, 0.2) is 42.6 Å². The Balaban J connectivity index is 1.91. The van der Waals surface area contributed by atoms with Crippen molar-refractivity contribution < 1.29 is 13.9 Å². The number of nitrogens with one attached hydrogen (secondary N) is 1. The van der Waals surface area contributed by atoms with Crippen LogP contribution >= 0.6 is 0 Å². The van der Waals surface area contributed by atoms with Crippen LogP contribution in [0.25, 0.3) is 0 Å². The number of amides is 2. The van der Waals surface area contributed by atoms with Gasteiger partial charge in [-0.25, -0.2) is 14.2 Å². The van der Waals surface area contributed by atoms with Crippen LogP contribution in [0.4, 0.5) is 9.18 Å². The Bertz CT molecular complexity index is 647. The summed E-state index contributed by atoms with van der Waals surface area (Å²) in [6.45, 7) is 3.15. The van der Waals surface area contributed by atoms with Gasteiger partial charge in [-0.15, -0.1) is 0 Å². The number of hydrogen-bond acceptors (Lipinski definition) is 3. The second kappa shape index (κ2) is 8.12. The van der Waals surface area contributed by atoms with Crippen LogP contribution < -0.4 is 10.1 Å². The molecular weight excluding hydrogens is 297 g/mol. The first kappa shape index (κ1) is 16.7. The van der Waals surface area contributed by atoms with E-state index in [-0.39, 0.29) is 11.8 Å². The van der Waals surface area contributed by atoms with Gasteiger partial charge in [0.05, 0.1) is 7.11 Å². The van der Waals surface area contributed by atoms with Crippen molar-refractivity contribution in [1.82, 2.24) is 15.2 Å². The molecule has 0 aliphatic carbocycles. The van der Waals surface area contributed by atoms with E-state index in [4.69, 9.17) is 4.74 Å². The van der Waals surface area contributed by atoms with Gasteiger partial charge in [0.2, 0.25) is 5.88 Å². The molecule has 2 amide bonds. The number of carbonyl (C=O) groups is 1. The lowest BCUT2D eigenvalue weighted by molar-refractivity contribution is 0.197. The van der Waals surface area contributed by atoms with Crippen LogP contribution in [0.3, 0.4) is 0 Å². The number of halogens is 1. The molecule has 1 N–H and O–H groups in total. The minimum atomic E-state index is -0.303. The molecule has 0 atom stereocenters. The predicted molar refractivity (Wildman–Crippen MR) is 85.5 cm³/mol. The summed E-state index contributed by atoms with van der Waals surface area (Å²) in [6, 6.07) is 9.64. The quantitative estimate of drug-likeness (QED) is 0.891. The van der Waals surface area contributed by atoms with E-state index in [0.29, 0.717) is 25.5 Å². The van der Waals surface area contributed by atoms with Crippen LogP contribution in [-0.4, -0.2) is 29.6 Å². The number of rotatable bonds is 6. The maximum absolute atomic E-state index is 13.2. The number of carbonyl (C=O) groups excluding carboxylic acids is 1. The molecule has 122 valence electrons. The van der Waals surface area contributed by atoms with Crippen LogP contribution in [0.1, 0.15) is 18.1 Å². The Morgan fingerprint density at radius 2 is 2.13 bits per heavy atom. The van der Waals surface area contributed by atoms with E-state index in [0.717, 1.165) is 11.1 Å². The summed E-state index contributed by atoms with van der Waals surface area (Å²) in [6.07, 6.45) is 1.65. The zero-order chi connectivity index (χ0) is 16.7. The number of urea groups is 1. The van der Waals surface area contributed by atoms with Crippen LogP contribution in [0, 0.1) is 5.82 Å². The number of ether oxygens (including phenoxy) is 1. The molecule has 6 heteroatoms. The normalized spacial score (nSPS) is 10.2. The lowest BCUT2D eigenvalue weighted by Gasteiger charge is -2.21. The van der Waals surface area contributed by atoms with Crippen molar-refractivity contribution in [2.24, 2.45) is 0 Å². The minimum Gasteiger partial charge on any atom is -0.481 e. The number of nitrogens with zero attached hydrogens (tertiary/aromatic N) is 2. The third-order valence-corrected chi connectivity index (χ3v) is 3.38. The summed E-state index contributed by atoms with van der Waals surface area (Å²) in [5.74, 6) is 0.227. The van der Waals surface area contributed by atoms with Gasteiger partial charge >= 0.3 is 6.03 Å². The van der Waals surface area contributed by atoms with E-state index in [1.165, 1.54) is 12.1 Å². The van der Waals surface area contributed by atoms with Crippen molar-refractivity contribution in [2.45, 2.75) is 20.0 Å². The standard InChI is InChI=1S/C17H20FN3O2/c1-3-21(12-13-5-4-6-15(18)9-13)17(22)20-11-14-7-8-16(23-2)19-10-14/h4-10H,3,11-12H2,1-2H3,(H,20,22). The second-order valence-electron chi connectivity index (χ2n) is 5.01. The van der Waals surface area contributed by atoms with E-state index in [1.807, 2.05) is 13.0 Å². The first-order valence-corrected chi connectivity index (χ1v) is 7.38.